The topological polar surface area (TPSA) is 121 Å². The van der Waals surface area contributed by atoms with Gasteiger partial charge in [0.05, 0.1) is 18.2 Å². The van der Waals surface area contributed by atoms with Gasteiger partial charge in [-0.15, -0.1) is 16.7 Å². The summed E-state index contributed by atoms with van der Waals surface area (Å²) >= 11 is 6.67. The molecule has 1 aromatic carbocycles. The first kappa shape index (κ1) is 17.8. The monoisotopic (exact) mass is 369 g/mol. The van der Waals surface area contributed by atoms with Crippen LogP contribution in [0.1, 0.15) is 11.1 Å². The number of ether oxygens (including phenoxy) is 1. The zero-order valence-corrected chi connectivity index (χ0v) is 13.9. The number of phenols is 2. The molecule has 10 heteroatoms. The maximum absolute atomic E-state index is 11.6. The zero-order valence-electron chi connectivity index (χ0n) is 12.3. The van der Waals surface area contributed by atoms with Crippen LogP contribution in [0.4, 0.5) is 0 Å². The van der Waals surface area contributed by atoms with E-state index in [-0.39, 0.29) is 27.5 Å². The van der Waals surface area contributed by atoms with E-state index in [9.17, 15) is 19.8 Å². The third-order valence-electron chi connectivity index (χ3n) is 2.81. The molecule has 0 unspecified atom stereocenters. The molecule has 126 valence electrons. The van der Waals surface area contributed by atoms with Gasteiger partial charge in [-0.3, -0.25) is 10.1 Å². The van der Waals surface area contributed by atoms with Crippen molar-refractivity contribution in [3.8, 4) is 11.5 Å². The number of nitrogens with one attached hydrogen (secondary N) is 1. The standard InChI is InChI=1S/C14H12ClN3O5S/c1-23-12(21)4-11-13(22)17-14(24-11)18-16-6-9-7(5-15)2-8(19)3-10(9)20/h2-4,6,19-20H,5H2,1H3,(H,17,18,22)/b11-4+,16-6?. The number of hydrogen-bond donors (Lipinski definition) is 3. The molecule has 0 aromatic heterocycles. The highest BCUT2D eigenvalue weighted by atomic mass is 35.5. The third kappa shape index (κ3) is 4.27. The second kappa shape index (κ2) is 7.84. The molecule has 1 amide bonds. The van der Waals surface area contributed by atoms with Crippen molar-refractivity contribution >= 4 is 46.6 Å². The van der Waals surface area contributed by atoms with Gasteiger partial charge in [-0.2, -0.15) is 5.10 Å². The van der Waals surface area contributed by atoms with Crippen molar-refractivity contribution in [1.82, 2.24) is 5.32 Å². The number of hydrogen-bond acceptors (Lipinski definition) is 8. The molecule has 24 heavy (non-hydrogen) atoms. The number of amidine groups is 1. The fraction of sp³-hybridized carbons (Fsp3) is 0.143. The molecule has 0 atom stereocenters. The van der Waals surface area contributed by atoms with Gasteiger partial charge in [-0.05, 0) is 23.4 Å². The molecular formula is C14H12ClN3O5S. The molecule has 0 aliphatic carbocycles. The fourth-order valence-corrected chi connectivity index (χ4v) is 2.68. The van der Waals surface area contributed by atoms with E-state index >= 15 is 0 Å². The second-order valence-electron chi connectivity index (χ2n) is 4.41. The minimum Gasteiger partial charge on any atom is -0.508 e. The lowest BCUT2D eigenvalue weighted by Crippen LogP contribution is -2.19. The lowest BCUT2D eigenvalue weighted by molar-refractivity contribution is -0.135. The average Bonchev–Trinajstić information content (AvgIpc) is 2.88. The molecule has 1 aliphatic heterocycles. The summed E-state index contributed by atoms with van der Waals surface area (Å²) in [6, 6.07) is 2.54. The van der Waals surface area contributed by atoms with Gasteiger partial charge in [0.25, 0.3) is 5.91 Å². The number of thioether (sulfide) groups is 1. The molecule has 1 aromatic rings. The Labute approximate surface area is 145 Å². The third-order valence-corrected chi connectivity index (χ3v) is 4.00. The fourth-order valence-electron chi connectivity index (χ4n) is 1.72. The van der Waals surface area contributed by atoms with Crippen molar-refractivity contribution in [2.75, 3.05) is 7.11 Å². The maximum Gasteiger partial charge on any atom is 0.331 e. The summed E-state index contributed by atoms with van der Waals surface area (Å²) in [5.74, 6) is -1.42. The number of phenolic OH excluding ortho intramolecular Hbond substituents is 2. The highest BCUT2D eigenvalue weighted by molar-refractivity contribution is 8.18. The van der Waals surface area contributed by atoms with Crippen LogP contribution in [0.2, 0.25) is 0 Å². The predicted octanol–water partition coefficient (Wildman–Crippen LogP) is 1.45. The molecule has 8 nitrogen and oxygen atoms in total. The maximum atomic E-state index is 11.6. The number of rotatable bonds is 4. The van der Waals surface area contributed by atoms with Crippen LogP contribution in [0.5, 0.6) is 11.5 Å². The number of aromatic hydroxyl groups is 2. The van der Waals surface area contributed by atoms with Gasteiger partial charge in [-0.25, -0.2) is 4.79 Å². The van der Waals surface area contributed by atoms with E-state index in [1.165, 1.54) is 19.4 Å². The van der Waals surface area contributed by atoms with Crippen LogP contribution in [0, 0.1) is 0 Å². The van der Waals surface area contributed by atoms with Gasteiger partial charge in [0, 0.05) is 23.6 Å². The molecule has 0 spiro atoms. The number of carbonyl (C=O) groups is 2. The number of alkyl halides is 1. The van der Waals surface area contributed by atoms with Crippen molar-refractivity contribution in [3.63, 3.8) is 0 Å². The van der Waals surface area contributed by atoms with Gasteiger partial charge in [-0.1, -0.05) is 0 Å². The summed E-state index contributed by atoms with van der Waals surface area (Å²) in [5.41, 5.74) is 0.763. The Kier molecular flexibility index (Phi) is 5.83. The number of methoxy groups -OCH3 is 1. The SMILES string of the molecule is COC(=O)/C=C1/S/C(=N\N=Cc2c(O)cc(O)cc2CCl)NC1=O. The van der Waals surface area contributed by atoms with E-state index in [0.29, 0.717) is 11.1 Å². The van der Waals surface area contributed by atoms with Crippen LogP contribution >= 0.6 is 23.4 Å². The number of benzene rings is 1. The average molecular weight is 370 g/mol. The van der Waals surface area contributed by atoms with Crippen LogP contribution in [0.15, 0.2) is 33.3 Å². The largest absolute Gasteiger partial charge is 0.508 e. The number of nitrogens with zero attached hydrogens (tertiary/aromatic N) is 2. The van der Waals surface area contributed by atoms with Crippen LogP contribution in [0.3, 0.4) is 0 Å². The highest BCUT2D eigenvalue weighted by Crippen LogP contribution is 2.27. The lowest BCUT2D eigenvalue weighted by Gasteiger charge is -2.05. The van der Waals surface area contributed by atoms with Crippen LogP contribution in [0.25, 0.3) is 0 Å². The Morgan fingerprint density at radius 1 is 1.46 bits per heavy atom. The first-order chi connectivity index (χ1) is 11.4. The van der Waals surface area contributed by atoms with Crippen LogP contribution in [-0.2, 0) is 20.2 Å². The lowest BCUT2D eigenvalue weighted by atomic mass is 10.1. The number of carbonyl (C=O) groups excluding carboxylic acids is 2. The molecule has 2 rings (SSSR count). The van der Waals surface area contributed by atoms with Gasteiger partial charge in [0.15, 0.2) is 5.17 Å². The minimum absolute atomic E-state index is 0.0530. The zero-order chi connectivity index (χ0) is 17.7. The van der Waals surface area contributed by atoms with Crippen LogP contribution in [-0.4, -0.2) is 40.6 Å². The second-order valence-corrected chi connectivity index (χ2v) is 5.71. The van der Waals surface area contributed by atoms with E-state index in [2.05, 4.69) is 20.3 Å². The smallest absolute Gasteiger partial charge is 0.331 e. The predicted molar refractivity (Wildman–Crippen MR) is 90.2 cm³/mol. The van der Waals surface area contributed by atoms with Crippen molar-refractivity contribution in [2.45, 2.75) is 5.88 Å². The normalized spacial score (nSPS) is 17.7. The van der Waals surface area contributed by atoms with Crippen LogP contribution < -0.4 is 5.32 Å². The number of halogens is 1. The van der Waals surface area contributed by atoms with E-state index in [1.807, 2.05) is 0 Å². The van der Waals surface area contributed by atoms with Gasteiger partial charge >= 0.3 is 5.97 Å². The molecule has 3 N–H and O–H groups in total. The van der Waals surface area contributed by atoms with Gasteiger partial charge < -0.3 is 14.9 Å². The van der Waals surface area contributed by atoms with Gasteiger partial charge in [0.1, 0.15) is 11.5 Å². The summed E-state index contributed by atoms with van der Waals surface area (Å²) in [7, 11) is 1.20. The first-order valence-electron chi connectivity index (χ1n) is 6.45. The van der Waals surface area contributed by atoms with E-state index in [4.69, 9.17) is 11.6 Å². The van der Waals surface area contributed by atoms with E-state index in [1.54, 1.807) is 0 Å². The number of amides is 1. The van der Waals surface area contributed by atoms with E-state index in [0.717, 1.165) is 23.9 Å². The molecule has 1 aliphatic rings. The quantitative estimate of drug-likeness (QED) is 0.243. The van der Waals surface area contributed by atoms with Crippen molar-refractivity contribution in [3.05, 3.63) is 34.2 Å². The van der Waals surface area contributed by atoms with Gasteiger partial charge in [0.2, 0.25) is 0 Å². The molecule has 0 radical (unpaired) electrons. The summed E-state index contributed by atoms with van der Waals surface area (Å²) in [4.78, 5) is 22.9. The Bertz CT molecular complexity index is 776. The molecule has 1 fully saturated rings. The minimum atomic E-state index is -0.654. The Balaban J connectivity index is 2.18. The Morgan fingerprint density at radius 3 is 2.88 bits per heavy atom. The van der Waals surface area contributed by atoms with Crippen molar-refractivity contribution < 1.29 is 24.5 Å². The van der Waals surface area contributed by atoms with E-state index < -0.39 is 11.9 Å². The Hall–Kier alpha value is -2.52. The summed E-state index contributed by atoms with van der Waals surface area (Å²) in [6.07, 6.45) is 2.29. The highest BCUT2D eigenvalue weighted by Gasteiger charge is 2.25. The molecule has 0 bridgehead atoms. The molecule has 1 saturated heterocycles. The summed E-state index contributed by atoms with van der Waals surface area (Å²) in [5, 5.41) is 29.4. The summed E-state index contributed by atoms with van der Waals surface area (Å²) in [6.45, 7) is 0. The molecule has 1 heterocycles. The first-order valence-corrected chi connectivity index (χ1v) is 7.80. The summed E-state index contributed by atoms with van der Waals surface area (Å²) < 4.78 is 4.44. The number of esters is 1. The molecular weight excluding hydrogens is 358 g/mol. The Morgan fingerprint density at radius 2 is 2.21 bits per heavy atom. The van der Waals surface area contributed by atoms with Crippen molar-refractivity contribution in [2.24, 2.45) is 10.2 Å². The molecule has 0 saturated carbocycles. The van der Waals surface area contributed by atoms with Crippen molar-refractivity contribution in [1.29, 1.82) is 0 Å².